The molecule has 0 spiro atoms. The van der Waals surface area contributed by atoms with E-state index in [4.69, 9.17) is 0 Å². The lowest BCUT2D eigenvalue weighted by atomic mass is 10.0. The summed E-state index contributed by atoms with van der Waals surface area (Å²) in [7, 11) is 0. The Kier molecular flexibility index (Phi) is 14.5. The molecule has 95 valence electrons. The Morgan fingerprint density at radius 2 is 1.19 bits per heavy atom. The summed E-state index contributed by atoms with van der Waals surface area (Å²) in [6.45, 7) is 6.02. The maximum atomic E-state index is 3.74. The molecule has 0 nitrogen and oxygen atoms in total. The topological polar surface area (TPSA) is 0 Å². The minimum Gasteiger partial charge on any atom is -0.103 e. The van der Waals surface area contributed by atoms with Crippen molar-refractivity contribution >= 4 is 0 Å². The zero-order valence-electron chi connectivity index (χ0n) is 11.3. The van der Waals surface area contributed by atoms with Crippen LogP contribution in [0.5, 0.6) is 0 Å². The van der Waals surface area contributed by atoms with Gasteiger partial charge in [0.15, 0.2) is 0 Å². The molecule has 0 unspecified atom stereocenters. The maximum absolute atomic E-state index is 3.74. The average Bonchev–Trinajstić information content (AvgIpc) is 2.31. The van der Waals surface area contributed by atoms with Crippen molar-refractivity contribution in [3.8, 4) is 0 Å². The van der Waals surface area contributed by atoms with E-state index in [1.165, 1.54) is 77.0 Å². The molecule has 0 N–H and O–H groups in total. The Morgan fingerprint density at radius 1 is 0.688 bits per heavy atom. The van der Waals surface area contributed by atoms with E-state index in [9.17, 15) is 0 Å². The molecule has 0 aliphatic rings. The van der Waals surface area contributed by atoms with Gasteiger partial charge in [-0.2, -0.15) is 0 Å². The molecule has 0 amide bonds. The summed E-state index contributed by atoms with van der Waals surface area (Å²) >= 11 is 0. The molecule has 0 aliphatic heterocycles. The molecule has 0 fully saturated rings. The zero-order chi connectivity index (χ0) is 11.9. The van der Waals surface area contributed by atoms with Gasteiger partial charge in [0.25, 0.3) is 0 Å². The number of hydrogen-bond donors (Lipinski definition) is 0. The van der Waals surface area contributed by atoms with Crippen LogP contribution in [0.15, 0.2) is 12.7 Å². The molecule has 16 heavy (non-hydrogen) atoms. The molecule has 0 saturated heterocycles. The molecule has 0 aliphatic carbocycles. The minimum atomic E-state index is 1.19. The van der Waals surface area contributed by atoms with Crippen molar-refractivity contribution in [1.29, 1.82) is 0 Å². The van der Waals surface area contributed by atoms with Gasteiger partial charge in [-0.3, -0.25) is 0 Å². The highest BCUT2D eigenvalue weighted by atomic mass is 14.0. The van der Waals surface area contributed by atoms with Gasteiger partial charge in [0.2, 0.25) is 0 Å². The van der Waals surface area contributed by atoms with Gasteiger partial charge in [0.05, 0.1) is 0 Å². The maximum Gasteiger partial charge on any atom is -0.0353 e. The van der Waals surface area contributed by atoms with Crippen LogP contribution in [0, 0.1) is 6.42 Å². The molecule has 0 aromatic carbocycles. The molecule has 0 heterocycles. The summed E-state index contributed by atoms with van der Waals surface area (Å²) in [6.07, 6.45) is 21.0. The summed E-state index contributed by atoms with van der Waals surface area (Å²) in [5, 5.41) is 0. The Bertz CT molecular complexity index is 126. The van der Waals surface area contributed by atoms with Crippen LogP contribution in [-0.4, -0.2) is 0 Å². The quantitative estimate of drug-likeness (QED) is 0.262. The van der Waals surface area contributed by atoms with Gasteiger partial charge < -0.3 is 0 Å². The molecule has 0 aromatic rings. The van der Waals surface area contributed by atoms with Gasteiger partial charge in [-0.05, 0) is 19.3 Å². The van der Waals surface area contributed by atoms with Gasteiger partial charge in [-0.15, -0.1) is 6.58 Å². The Balaban J connectivity index is 2.85. The predicted octanol–water partition coefficient (Wildman–Crippen LogP) is 6.08. The smallest absolute Gasteiger partial charge is 0.0353 e. The second-order valence-corrected chi connectivity index (χ2v) is 4.77. The SMILES string of the molecule is C=CCCCC[CH]CCCCCCCCC. The van der Waals surface area contributed by atoms with Gasteiger partial charge in [-0.25, -0.2) is 0 Å². The lowest BCUT2D eigenvalue weighted by Gasteiger charge is -2.01. The summed E-state index contributed by atoms with van der Waals surface area (Å²) in [5.41, 5.74) is 0. The van der Waals surface area contributed by atoms with Crippen molar-refractivity contribution < 1.29 is 0 Å². The molecule has 1 radical (unpaired) electrons. The first-order valence-corrected chi connectivity index (χ1v) is 7.34. The van der Waals surface area contributed by atoms with Crippen molar-refractivity contribution in [2.45, 2.75) is 84.0 Å². The van der Waals surface area contributed by atoms with Crippen molar-refractivity contribution in [1.82, 2.24) is 0 Å². The highest BCUT2D eigenvalue weighted by Crippen LogP contribution is 2.11. The van der Waals surface area contributed by atoms with Gasteiger partial charge in [0.1, 0.15) is 0 Å². The highest BCUT2D eigenvalue weighted by molar-refractivity contribution is 4.69. The summed E-state index contributed by atoms with van der Waals surface area (Å²) < 4.78 is 0. The fraction of sp³-hybridized carbons (Fsp3) is 0.812. The largest absolute Gasteiger partial charge is 0.103 e. The summed E-state index contributed by atoms with van der Waals surface area (Å²) in [5.74, 6) is 0. The molecule has 0 atom stereocenters. The fourth-order valence-corrected chi connectivity index (χ4v) is 1.97. The standard InChI is InChI=1S/C16H31/c1-3-5-7-9-11-13-15-16-14-12-10-8-6-4-2/h3,13H,1,4-12,14-16H2,2H3. The molecular formula is C16H31. The van der Waals surface area contributed by atoms with Crippen LogP contribution in [-0.2, 0) is 0 Å². The van der Waals surface area contributed by atoms with E-state index in [0.717, 1.165) is 0 Å². The Hall–Kier alpha value is -0.260. The van der Waals surface area contributed by atoms with E-state index >= 15 is 0 Å². The number of unbranched alkanes of at least 4 members (excludes halogenated alkanes) is 12. The second kappa shape index (κ2) is 14.7. The van der Waals surface area contributed by atoms with Crippen LogP contribution in [0.1, 0.15) is 84.0 Å². The first-order chi connectivity index (χ1) is 7.91. The van der Waals surface area contributed by atoms with Crippen molar-refractivity contribution in [3.63, 3.8) is 0 Å². The van der Waals surface area contributed by atoms with Crippen LogP contribution in [0.2, 0.25) is 0 Å². The lowest BCUT2D eigenvalue weighted by molar-refractivity contribution is 0.581. The molecule has 0 saturated carbocycles. The van der Waals surface area contributed by atoms with Crippen molar-refractivity contribution in [3.05, 3.63) is 19.1 Å². The van der Waals surface area contributed by atoms with Crippen LogP contribution < -0.4 is 0 Å². The molecular weight excluding hydrogens is 192 g/mol. The molecule has 0 bridgehead atoms. The van der Waals surface area contributed by atoms with Crippen molar-refractivity contribution in [2.24, 2.45) is 0 Å². The zero-order valence-corrected chi connectivity index (χ0v) is 11.3. The summed E-state index contributed by atoms with van der Waals surface area (Å²) in [6, 6.07) is 0. The average molecular weight is 223 g/mol. The first-order valence-electron chi connectivity index (χ1n) is 7.34. The Morgan fingerprint density at radius 3 is 1.81 bits per heavy atom. The van der Waals surface area contributed by atoms with Crippen LogP contribution in [0.3, 0.4) is 0 Å². The minimum absolute atomic E-state index is 1.19. The molecule has 0 aromatic heterocycles. The van der Waals surface area contributed by atoms with Gasteiger partial charge in [0, 0.05) is 0 Å². The van der Waals surface area contributed by atoms with Gasteiger partial charge in [-0.1, -0.05) is 77.2 Å². The van der Waals surface area contributed by atoms with E-state index in [-0.39, 0.29) is 0 Å². The van der Waals surface area contributed by atoms with E-state index in [1.807, 2.05) is 6.08 Å². The fourth-order valence-electron chi connectivity index (χ4n) is 1.97. The summed E-state index contributed by atoms with van der Waals surface area (Å²) in [4.78, 5) is 0. The number of rotatable bonds is 13. The van der Waals surface area contributed by atoms with E-state index in [0.29, 0.717) is 0 Å². The van der Waals surface area contributed by atoms with E-state index < -0.39 is 0 Å². The number of allylic oxidation sites excluding steroid dienone is 1. The third-order valence-electron chi connectivity index (χ3n) is 3.08. The molecule has 0 rings (SSSR count). The Labute approximate surface area is 104 Å². The van der Waals surface area contributed by atoms with Gasteiger partial charge >= 0.3 is 0 Å². The van der Waals surface area contributed by atoms with E-state index in [1.54, 1.807) is 0 Å². The van der Waals surface area contributed by atoms with Crippen LogP contribution in [0.4, 0.5) is 0 Å². The normalized spacial score (nSPS) is 10.6. The number of hydrogen-bond acceptors (Lipinski definition) is 0. The van der Waals surface area contributed by atoms with Crippen molar-refractivity contribution in [2.75, 3.05) is 0 Å². The third-order valence-corrected chi connectivity index (χ3v) is 3.08. The monoisotopic (exact) mass is 223 g/mol. The first kappa shape index (κ1) is 15.7. The highest BCUT2D eigenvalue weighted by Gasteiger charge is 1.92. The lowest BCUT2D eigenvalue weighted by Crippen LogP contribution is -1.83. The van der Waals surface area contributed by atoms with Crippen LogP contribution >= 0.6 is 0 Å². The van der Waals surface area contributed by atoms with Crippen LogP contribution in [0.25, 0.3) is 0 Å². The predicted molar refractivity (Wildman–Crippen MR) is 75.6 cm³/mol. The molecule has 0 heteroatoms. The van der Waals surface area contributed by atoms with E-state index in [2.05, 4.69) is 19.9 Å². The third kappa shape index (κ3) is 13.7. The second-order valence-electron chi connectivity index (χ2n) is 4.77.